The van der Waals surface area contributed by atoms with Crippen molar-refractivity contribution < 1.29 is 15.0 Å². The molecule has 2 heterocycles. The minimum atomic E-state index is -0.923. The molecule has 2 rings (SSSR count). The molecule has 0 bridgehead atoms. The third-order valence-corrected chi connectivity index (χ3v) is 4.60. The second-order valence-corrected chi connectivity index (χ2v) is 6.30. The van der Waals surface area contributed by atoms with E-state index in [1.54, 1.807) is 22.1 Å². The van der Waals surface area contributed by atoms with Crippen molar-refractivity contribution in [1.82, 2.24) is 19.7 Å². The van der Waals surface area contributed by atoms with Gasteiger partial charge in [0.25, 0.3) is 0 Å². The van der Waals surface area contributed by atoms with Crippen LogP contribution in [0.4, 0.5) is 0 Å². The van der Waals surface area contributed by atoms with Crippen molar-refractivity contribution in [1.29, 1.82) is 0 Å². The van der Waals surface area contributed by atoms with E-state index in [-0.39, 0.29) is 18.4 Å². The largest absolute Gasteiger partial charge is 0.481 e. The maximum absolute atomic E-state index is 10.7. The average molecular weight is 314 g/mol. The normalized spacial score (nSPS) is 12.6. The summed E-state index contributed by atoms with van der Waals surface area (Å²) in [7, 11) is 0. The van der Waals surface area contributed by atoms with Crippen molar-refractivity contribution in [2.24, 2.45) is 0 Å². The van der Waals surface area contributed by atoms with E-state index in [1.165, 1.54) is 0 Å². The molecule has 108 valence electrons. The van der Waals surface area contributed by atoms with Crippen LogP contribution in [0, 0.1) is 6.92 Å². The van der Waals surface area contributed by atoms with Gasteiger partial charge in [0.15, 0.2) is 11.0 Å². The summed E-state index contributed by atoms with van der Waals surface area (Å²) in [6.45, 7) is 3.63. The summed E-state index contributed by atoms with van der Waals surface area (Å²) in [5, 5.41) is 27.3. The molecule has 0 spiro atoms. The van der Waals surface area contributed by atoms with Crippen molar-refractivity contribution in [2.75, 3.05) is 5.75 Å². The summed E-state index contributed by atoms with van der Waals surface area (Å²) in [6.07, 6.45) is 1.78. The number of aliphatic carboxylic acids is 1. The Bertz CT molecular complexity index is 611. The van der Waals surface area contributed by atoms with Crippen LogP contribution in [-0.4, -0.2) is 41.7 Å². The fraction of sp³-hybridized carbons (Fsp3) is 0.455. The van der Waals surface area contributed by atoms with Crippen molar-refractivity contribution in [3.8, 4) is 0 Å². The summed E-state index contributed by atoms with van der Waals surface area (Å²) in [5.41, 5.74) is 0. The lowest BCUT2D eigenvalue weighted by atomic mass is 10.3. The summed E-state index contributed by atoms with van der Waals surface area (Å²) >= 11 is 2.63. The second-order valence-electron chi connectivity index (χ2n) is 4.09. The minimum absolute atomic E-state index is 0.104. The molecule has 20 heavy (non-hydrogen) atoms. The number of hydrogen-bond donors (Lipinski definition) is 2. The first kappa shape index (κ1) is 14.9. The number of carboxylic acids is 1. The zero-order chi connectivity index (χ0) is 14.7. The van der Waals surface area contributed by atoms with E-state index in [2.05, 4.69) is 15.2 Å². The van der Waals surface area contributed by atoms with E-state index < -0.39 is 5.97 Å². The minimum Gasteiger partial charge on any atom is -0.481 e. The highest BCUT2D eigenvalue weighted by Crippen LogP contribution is 2.28. The van der Waals surface area contributed by atoms with Crippen molar-refractivity contribution in [3.63, 3.8) is 0 Å². The molecule has 0 aromatic carbocycles. The molecule has 0 saturated carbocycles. The highest BCUT2D eigenvalue weighted by molar-refractivity contribution is 7.99. The Morgan fingerprint density at radius 2 is 2.30 bits per heavy atom. The van der Waals surface area contributed by atoms with E-state index in [9.17, 15) is 9.90 Å². The number of carbonyl (C=O) groups is 1. The highest BCUT2D eigenvalue weighted by Gasteiger charge is 2.21. The third kappa shape index (κ3) is 3.17. The Morgan fingerprint density at radius 1 is 1.55 bits per heavy atom. The molecule has 1 atom stereocenters. The van der Waals surface area contributed by atoms with Crippen LogP contribution in [0.5, 0.6) is 0 Å². The average Bonchev–Trinajstić information content (AvgIpc) is 3.01. The molecular formula is C11H14N4O3S2. The molecule has 0 fully saturated rings. The number of carboxylic acid groups (broad SMARTS) is 1. The summed E-state index contributed by atoms with van der Waals surface area (Å²) < 4.78 is 1.73. The molecule has 7 nitrogen and oxygen atoms in total. The topological polar surface area (TPSA) is 101 Å². The second kappa shape index (κ2) is 6.33. The molecule has 0 amide bonds. The lowest BCUT2D eigenvalue weighted by Crippen LogP contribution is -2.12. The Labute approximate surface area is 123 Å². The highest BCUT2D eigenvalue weighted by atomic mass is 32.2. The number of hydrogen-bond acceptors (Lipinski definition) is 7. The van der Waals surface area contributed by atoms with E-state index >= 15 is 0 Å². The smallest absolute Gasteiger partial charge is 0.313 e. The lowest BCUT2D eigenvalue weighted by molar-refractivity contribution is -0.133. The van der Waals surface area contributed by atoms with Crippen LogP contribution >= 0.6 is 23.1 Å². The van der Waals surface area contributed by atoms with E-state index in [1.807, 2.05) is 13.8 Å². The fourth-order valence-electron chi connectivity index (χ4n) is 1.70. The number of thioether (sulfide) groups is 1. The molecule has 0 aliphatic heterocycles. The summed E-state index contributed by atoms with van der Waals surface area (Å²) in [6, 6.07) is -0.151. The van der Waals surface area contributed by atoms with Crippen LogP contribution in [0.15, 0.2) is 11.4 Å². The quantitative estimate of drug-likeness (QED) is 0.775. The molecule has 0 saturated heterocycles. The number of aryl methyl sites for hydroxylation is 1. The third-order valence-electron chi connectivity index (χ3n) is 2.59. The molecule has 0 radical (unpaired) electrons. The lowest BCUT2D eigenvalue weighted by Gasteiger charge is -2.14. The molecule has 2 N–H and O–H groups in total. The number of thiazole rings is 1. The van der Waals surface area contributed by atoms with Gasteiger partial charge in [-0.25, -0.2) is 4.98 Å². The van der Waals surface area contributed by atoms with Gasteiger partial charge in [-0.2, -0.15) is 0 Å². The van der Waals surface area contributed by atoms with Gasteiger partial charge in [0.2, 0.25) is 0 Å². The predicted molar refractivity (Wildman–Crippen MR) is 75.0 cm³/mol. The van der Waals surface area contributed by atoms with Gasteiger partial charge in [0.1, 0.15) is 11.6 Å². The first-order chi connectivity index (χ1) is 9.52. The maximum atomic E-state index is 10.7. The zero-order valence-electron chi connectivity index (χ0n) is 11.0. The van der Waals surface area contributed by atoms with Gasteiger partial charge in [0, 0.05) is 11.1 Å². The van der Waals surface area contributed by atoms with E-state index in [4.69, 9.17) is 5.11 Å². The van der Waals surface area contributed by atoms with Crippen LogP contribution in [-0.2, 0) is 11.4 Å². The standard InChI is InChI=1S/C11H14N4O3S2/c1-6-3-12-10(20-6)7(2)15-8(4-16)13-14-11(15)19-5-9(17)18/h3,7,16H,4-5H2,1-2H3,(H,17,18). The van der Waals surface area contributed by atoms with Crippen molar-refractivity contribution in [2.45, 2.75) is 31.7 Å². The number of aliphatic hydroxyl groups is 1. The Kier molecular flexibility index (Phi) is 4.73. The Balaban J connectivity index is 2.32. The van der Waals surface area contributed by atoms with Crippen molar-refractivity contribution >= 4 is 29.1 Å². The maximum Gasteiger partial charge on any atom is 0.313 e. The number of aliphatic hydroxyl groups excluding tert-OH is 1. The van der Waals surface area contributed by atoms with E-state index in [0.29, 0.717) is 11.0 Å². The molecule has 1 unspecified atom stereocenters. The van der Waals surface area contributed by atoms with Crippen LogP contribution in [0.1, 0.15) is 28.7 Å². The van der Waals surface area contributed by atoms with Crippen LogP contribution in [0.3, 0.4) is 0 Å². The molecule has 2 aromatic rings. The fourth-order valence-corrected chi connectivity index (χ4v) is 3.28. The first-order valence-corrected chi connectivity index (χ1v) is 7.64. The van der Waals surface area contributed by atoms with Crippen LogP contribution in [0.2, 0.25) is 0 Å². The zero-order valence-corrected chi connectivity index (χ0v) is 12.6. The van der Waals surface area contributed by atoms with Gasteiger partial charge in [-0.15, -0.1) is 21.5 Å². The van der Waals surface area contributed by atoms with Gasteiger partial charge in [-0.1, -0.05) is 11.8 Å². The Hall–Kier alpha value is -1.45. The van der Waals surface area contributed by atoms with Crippen LogP contribution < -0.4 is 0 Å². The van der Waals surface area contributed by atoms with Gasteiger partial charge in [-0.3, -0.25) is 9.36 Å². The SMILES string of the molecule is Cc1cnc(C(C)n2c(CO)nnc2SCC(=O)O)s1. The summed E-state index contributed by atoms with van der Waals surface area (Å²) in [5.74, 6) is -0.626. The van der Waals surface area contributed by atoms with Gasteiger partial charge in [0.05, 0.1) is 11.8 Å². The number of nitrogens with zero attached hydrogens (tertiary/aromatic N) is 4. The number of aromatic nitrogens is 4. The Morgan fingerprint density at radius 3 is 2.85 bits per heavy atom. The van der Waals surface area contributed by atoms with E-state index in [0.717, 1.165) is 21.6 Å². The molecule has 9 heteroatoms. The predicted octanol–water partition coefficient (Wildman–Crippen LogP) is 1.32. The molecule has 0 aliphatic carbocycles. The molecular weight excluding hydrogens is 300 g/mol. The van der Waals surface area contributed by atoms with Gasteiger partial charge in [-0.05, 0) is 13.8 Å². The monoisotopic (exact) mass is 314 g/mol. The van der Waals surface area contributed by atoms with Gasteiger partial charge < -0.3 is 10.2 Å². The van der Waals surface area contributed by atoms with Crippen molar-refractivity contribution in [3.05, 3.63) is 21.9 Å². The first-order valence-electron chi connectivity index (χ1n) is 5.84. The number of rotatable bonds is 6. The molecule has 2 aromatic heterocycles. The summed E-state index contributed by atoms with van der Waals surface area (Å²) in [4.78, 5) is 16.1. The molecule has 0 aliphatic rings. The van der Waals surface area contributed by atoms with Crippen LogP contribution in [0.25, 0.3) is 0 Å². The van der Waals surface area contributed by atoms with Gasteiger partial charge >= 0.3 is 5.97 Å².